The smallest absolute Gasteiger partial charge is 0.191 e. The van der Waals surface area contributed by atoms with E-state index in [0.717, 1.165) is 17.3 Å². The Morgan fingerprint density at radius 3 is 2.89 bits per heavy atom. The Hall–Kier alpha value is -2.04. The van der Waals surface area contributed by atoms with Gasteiger partial charge in [0.25, 0.3) is 0 Å². The highest BCUT2D eigenvalue weighted by Gasteiger charge is 2.27. The summed E-state index contributed by atoms with van der Waals surface area (Å²) in [5, 5.41) is 6.30. The lowest BCUT2D eigenvalue weighted by atomic mass is 10.3. The Labute approximate surface area is 112 Å². The third-order valence-corrected chi connectivity index (χ3v) is 3.46. The summed E-state index contributed by atoms with van der Waals surface area (Å²) in [6.07, 6.45) is 2.52. The van der Waals surface area contributed by atoms with Gasteiger partial charge in [-0.05, 0) is 25.0 Å². The van der Waals surface area contributed by atoms with E-state index in [-0.39, 0.29) is 0 Å². The van der Waals surface area contributed by atoms with Crippen LogP contribution in [0.2, 0.25) is 0 Å². The maximum absolute atomic E-state index is 4.73. The normalized spacial score (nSPS) is 15.8. The van der Waals surface area contributed by atoms with Crippen LogP contribution >= 0.6 is 0 Å². The Kier molecular flexibility index (Phi) is 3.11. The van der Waals surface area contributed by atoms with Crippen molar-refractivity contribution in [3.63, 3.8) is 0 Å². The van der Waals surface area contributed by atoms with Crippen LogP contribution in [0.4, 0.5) is 0 Å². The predicted molar refractivity (Wildman–Crippen MR) is 77.3 cm³/mol. The average Bonchev–Trinajstić information content (AvgIpc) is 3.21. The molecule has 0 amide bonds. The first-order valence-corrected chi connectivity index (χ1v) is 6.67. The second kappa shape index (κ2) is 4.91. The van der Waals surface area contributed by atoms with Crippen molar-refractivity contribution >= 4 is 17.0 Å². The van der Waals surface area contributed by atoms with Gasteiger partial charge in [0.2, 0.25) is 0 Å². The predicted octanol–water partition coefficient (Wildman–Crippen LogP) is 1.67. The number of hydrogen-bond donors (Lipinski definition) is 2. The molecule has 1 aromatic carbocycles. The van der Waals surface area contributed by atoms with E-state index in [0.29, 0.717) is 12.6 Å². The van der Waals surface area contributed by atoms with Gasteiger partial charge in [0.15, 0.2) is 5.96 Å². The summed E-state index contributed by atoms with van der Waals surface area (Å²) < 4.78 is 2.37. The highest BCUT2D eigenvalue weighted by atomic mass is 15.2. The Morgan fingerprint density at radius 1 is 1.42 bits per heavy atom. The van der Waals surface area contributed by atoms with Gasteiger partial charge in [-0.15, -0.1) is 0 Å². The standard InChI is InChI=1S/C14H19N5/c1-15-14(16-2)17-9-13-18-11-5-3-4-6-12(11)19(13)10-7-8-10/h3-6,10H,7-9H2,1-2H3,(H2,15,16,17). The molecule has 1 aromatic heterocycles. The molecule has 1 saturated carbocycles. The van der Waals surface area contributed by atoms with E-state index in [4.69, 9.17) is 4.98 Å². The number of aromatic nitrogens is 2. The van der Waals surface area contributed by atoms with E-state index >= 15 is 0 Å². The van der Waals surface area contributed by atoms with Gasteiger partial charge < -0.3 is 15.2 Å². The van der Waals surface area contributed by atoms with Crippen LogP contribution in [0.15, 0.2) is 29.3 Å². The number of nitrogens with zero attached hydrogens (tertiary/aromatic N) is 3. The molecule has 0 spiro atoms. The summed E-state index contributed by atoms with van der Waals surface area (Å²) in [6.45, 7) is 0.693. The van der Waals surface area contributed by atoms with E-state index in [1.165, 1.54) is 18.4 Å². The molecule has 0 radical (unpaired) electrons. The molecule has 0 saturated heterocycles. The van der Waals surface area contributed by atoms with Crippen molar-refractivity contribution in [1.29, 1.82) is 0 Å². The number of para-hydroxylation sites is 2. The number of guanidine groups is 1. The van der Waals surface area contributed by atoms with E-state index in [1.54, 1.807) is 7.05 Å². The van der Waals surface area contributed by atoms with Crippen molar-refractivity contribution < 1.29 is 0 Å². The minimum atomic E-state index is 0.626. The van der Waals surface area contributed by atoms with E-state index < -0.39 is 0 Å². The zero-order valence-corrected chi connectivity index (χ0v) is 11.3. The van der Waals surface area contributed by atoms with Crippen LogP contribution in [-0.2, 0) is 6.54 Å². The third-order valence-electron chi connectivity index (χ3n) is 3.46. The van der Waals surface area contributed by atoms with Crippen molar-refractivity contribution in [2.45, 2.75) is 25.4 Å². The lowest BCUT2D eigenvalue weighted by Crippen LogP contribution is -2.34. The molecule has 5 heteroatoms. The van der Waals surface area contributed by atoms with Gasteiger partial charge in [-0.2, -0.15) is 0 Å². The molecule has 5 nitrogen and oxygen atoms in total. The van der Waals surface area contributed by atoms with E-state index in [2.05, 4.69) is 38.4 Å². The number of hydrogen-bond acceptors (Lipinski definition) is 2. The molecule has 3 rings (SSSR count). The largest absolute Gasteiger partial charge is 0.359 e. The van der Waals surface area contributed by atoms with Gasteiger partial charge in [0.05, 0.1) is 17.6 Å². The van der Waals surface area contributed by atoms with Gasteiger partial charge in [-0.25, -0.2) is 4.98 Å². The summed E-state index contributed by atoms with van der Waals surface area (Å²) in [7, 11) is 3.63. The second-order valence-electron chi connectivity index (χ2n) is 4.79. The summed E-state index contributed by atoms with van der Waals surface area (Å²) in [5.41, 5.74) is 2.31. The van der Waals surface area contributed by atoms with Crippen LogP contribution in [0, 0.1) is 0 Å². The zero-order valence-electron chi connectivity index (χ0n) is 11.3. The fourth-order valence-corrected chi connectivity index (χ4v) is 2.40. The van der Waals surface area contributed by atoms with Crippen molar-refractivity contribution in [3.05, 3.63) is 30.1 Å². The first kappa shape index (κ1) is 12.0. The summed E-state index contributed by atoms with van der Waals surface area (Å²) in [4.78, 5) is 8.86. The van der Waals surface area contributed by atoms with Crippen LogP contribution in [0.25, 0.3) is 11.0 Å². The first-order valence-electron chi connectivity index (χ1n) is 6.67. The quantitative estimate of drug-likeness (QED) is 0.649. The van der Waals surface area contributed by atoms with Gasteiger partial charge in [0, 0.05) is 20.1 Å². The molecule has 0 aliphatic heterocycles. The number of imidazole rings is 1. The summed E-state index contributed by atoms with van der Waals surface area (Å²) in [5.74, 6) is 1.87. The zero-order chi connectivity index (χ0) is 13.2. The highest BCUT2D eigenvalue weighted by Crippen LogP contribution is 2.38. The molecule has 2 N–H and O–H groups in total. The van der Waals surface area contributed by atoms with Crippen molar-refractivity contribution in [2.24, 2.45) is 4.99 Å². The van der Waals surface area contributed by atoms with Crippen LogP contribution in [0.1, 0.15) is 24.7 Å². The molecule has 1 aliphatic rings. The third kappa shape index (κ3) is 2.28. The van der Waals surface area contributed by atoms with Gasteiger partial charge in [-0.1, -0.05) is 12.1 Å². The second-order valence-corrected chi connectivity index (χ2v) is 4.79. The van der Waals surface area contributed by atoms with Gasteiger partial charge >= 0.3 is 0 Å². The molecule has 0 unspecified atom stereocenters. The lowest BCUT2D eigenvalue weighted by molar-refractivity contribution is 0.676. The maximum Gasteiger partial charge on any atom is 0.191 e. The Balaban J connectivity index is 1.92. The fourth-order valence-electron chi connectivity index (χ4n) is 2.40. The number of fused-ring (bicyclic) bond motifs is 1. The fraction of sp³-hybridized carbons (Fsp3) is 0.429. The molecule has 1 heterocycles. The van der Waals surface area contributed by atoms with Crippen LogP contribution in [0.3, 0.4) is 0 Å². The number of nitrogens with one attached hydrogen (secondary N) is 2. The molecule has 2 aromatic rings. The van der Waals surface area contributed by atoms with Crippen molar-refractivity contribution in [3.8, 4) is 0 Å². The molecule has 0 atom stereocenters. The van der Waals surface area contributed by atoms with Crippen LogP contribution in [0.5, 0.6) is 0 Å². The minimum absolute atomic E-state index is 0.626. The number of aliphatic imine (C=N–C) groups is 1. The van der Waals surface area contributed by atoms with Gasteiger partial charge in [0.1, 0.15) is 5.82 Å². The minimum Gasteiger partial charge on any atom is -0.359 e. The monoisotopic (exact) mass is 257 g/mol. The molecule has 0 bridgehead atoms. The molecular weight excluding hydrogens is 238 g/mol. The molecule has 19 heavy (non-hydrogen) atoms. The maximum atomic E-state index is 4.73. The summed E-state index contributed by atoms with van der Waals surface area (Å²) >= 11 is 0. The highest BCUT2D eigenvalue weighted by molar-refractivity contribution is 5.79. The van der Waals surface area contributed by atoms with Crippen LogP contribution in [-0.4, -0.2) is 29.6 Å². The van der Waals surface area contributed by atoms with E-state index in [1.807, 2.05) is 13.1 Å². The molecule has 1 fully saturated rings. The van der Waals surface area contributed by atoms with Crippen molar-refractivity contribution in [1.82, 2.24) is 20.2 Å². The molecule has 1 aliphatic carbocycles. The Morgan fingerprint density at radius 2 is 2.21 bits per heavy atom. The van der Waals surface area contributed by atoms with Crippen molar-refractivity contribution in [2.75, 3.05) is 14.1 Å². The number of benzene rings is 1. The first-order chi connectivity index (χ1) is 9.33. The van der Waals surface area contributed by atoms with Crippen LogP contribution < -0.4 is 10.6 Å². The molecule has 100 valence electrons. The average molecular weight is 257 g/mol. The Bertz CT molecular complexity index is 609. The molecular formula is C14H19N5. The lowest BCUT2D eigenvalue weighted by Gasteiger charge is -2.10. The number of rotatable bonds is 3. The van der Waals surface area contributed by atoms with Gasteiger partial charge in [-0.3, -0.25) is 4.99 Å². The summed E-state index contributed by atoms with van der Waals surface area (Å²) in [6, 6.07) is 8.96. The SMILES string of the molecule is CN=C(NC)NCc1nc2ccccc2n1C1CC1. The topological polar surface area (TPSA) is 54.2 Å². The van der Waals surface area contributed by atoms with E-state index in [9.17, 15) is 0 Å².